The molecule has 1 heterocycles. The molecule has 0 aliphatic carbocycles. The Hall–Kier alpha value is -3.73. The summed E-state index contributed by atoms with van der Waals surface area (Å²) in [7, 11) is 0. The topological polar surface area (TPSA) is 151 Å². The van der Waals surface area contributed by atoms with Crippen molar-refractivity contribution in [1.29, 1.82) is 0 Å². The van der Waals surface area contributed by atoms with Gasteiger partial charge in [0.25, 0.3) is 11.4 Å². The molecule has 2 aromatic carbocycles. The molecule has 138 valence electrons. The summed E-state index contributed by atoms with van der Waals surface area (Å²) in [6.07, 6.45) is 0. The molecule has 1 amide bonds. The second-order valence-electron chi connectivity index (χ2n) is 5.33. The van der Waals surface area contributed by atoms with Gasteiger partial charge < -0.3 is 9.73 Å². The normalized spacial score (nSPS) is 10.7. The summed E-state index contributed by atoms with van der Waals surface area (Å²) < 4.78 is 5.91. The van der Waals surface area contributed by atoms with E-state index in [1.807, 2.05) is 0 Å². The minimum atomic E-state index is -0.872. The lowest BCUT2D eigenvalue weighted by Gasteiger charge is -2.06. The summed E-state index contributed by atoms with van der Waals surface area (Å²) in [6, 6.07) is 7.25. The van der Waals surface area contributed by atoms with Crippen LogP contribution in [0.25, 0.3) is 11.1 Å². The number of aromatic nitrogens is 1. The van der Waals surface area contributed by atoms with Crippen LogP contribution in [0.2, 0.25) is 5.02 Å². The van der Waals surface area contributed by atoms with Gasteiger partial charge in [0.15, 0.2) is 5.58 Å². The van der Waals surface area contributed by atoms with E-state index in [1.54, 1.807) is 0 Å². The summed E-state index contributed by atoms with van der Waals surface area (Å²) in [5.41, 5.74) is -0.367. The third kappa shape index (κ3) is 3.62. The predicted octanol–water partition coefficient (Wildman–Crippen LogP) is 2.70. The fourth-order valence-corrected chi connectivity index (χ4v) is 2.58. The zero-order valence-corrected chi connectivity index (χ0v) is 14.0. The van der Waals surface area contributed by atoms with Gasteiger partial charge in [-0.05, 0) is 18.2 Å². The van der Waals surface area contributed by atoms with E-state index < -0.39 is 28.1 Å². The highest BCUT2D eigenvalue weighted by Crippen LogP contribution is 2.27. The minimum Gasteiger partial charge on any atom is -0.407 e. The maximum Gasteiger partial charge on any atom is 0.420 e. The van der Waals surface area contributed by atoms with Gasteiger partial charge in [-0.2, -0.15) is 0 Å². The molecule has 0 aliphatic heterocycles. The molecule has 1 aromatic heterocycles. The first-order valence-electron chi connectivity index (χ1n) is 7.28. The SMILES string of the molecule is O=C(Cn1c(=O)oc2cc([N+](=O)[O-])ccc21)Nc1ccc(Cl)c([N+](=O)[O-])c1. The van der Waals surface area contributed by atoms with Crippen LogP contribution in [0.1, 0.15) is 0 Å². The number of rotatable bonds is 5. The number of anilines is 1. The number of carbonyl (C=O) groups is 1. The van der Waals surface area contributed by atoms with Crippen LogP contribution in [0.5, 0.6) is 0 Å². The standard InChI is InChI=1S/C15H9ClN4O7/c16-10-3-1-8(5-12(10)20(25)26)17-14(21)7-18-11-4-2-9(19(23)24)6-13(11)27-15(18)22/h1-6H,7H2,(H,17,21). The van der Waals surface area contributed by atoms with Gasteiger partial charge in [0.2, 0.25) is 5.91 Å². The van der Waals surface area contributed by atoms with Gasteiger partial charge in [-0.1, -0.05) is 11.6 Å². The number of hydrogen-bond donors (Lipinski definition) is 1. The van der Waals surface area contributed by atoms with Crippen LogP contribution >= 0.6 is 11.6 Å². The number of halogens is 1. The van der Waals surface area contributed by atoms with E-state index in [4.69, 9.17) is 16.0 Å². The highest BCUT2D eigenvalue weighted by Gasteiger charge is 2.18. The van der Waals surface area contributed by atoms with Gasteiger partial charge in [-0.3, -0.25) is 29.6 Å². The van der Waals surface area contributed by atoms with Crippen molar-refractivity contribution in [1.82, 2.24) is 4.57 Å². The molecule has 0 aliphatic rings. The first-order valence-corrected chi connectivity index (χ1v) is 7.65. The molecule has 1 N–H and O–H groups in total. The van der Waals surface area contributed by atoms with Gasteiger partial charge in [0, 0.05) is 17.8 Å². The largest absolute Gasteiger partial charge is 0.420 e. The highest BCUT2D eigenvalue weighted by atomic mass is 35.5. The molecule has 0 fully saturated rings. The number of fused-ring (bicyclic) bond motifs is 1. The van der Waals surface area contributed by atoms with Crippen molar-refractivity contribution in [3.05, 3.63) is 72.2 Å². The number of oxazole rings is 1. The molecule has 0 unspecified atom stereocenters. The maximum absolute atomic E-state index is 12.2. The lowest BCUT2D eigenvalue weighted by atomic mass is 10.2. The fourth-order valence-electron chi connectivity index (χ4n) is 2.39. The van der Waals surface area contributed by atoms with Crippen LogP contribution in [0.15, 0.2) is 45.6 Å². The number of nitrogens with zero attached hydrogens (tertiary/aromatic N) is 3. The second-order valence-corrected chi connectivity index (χ2v) is 5.74. The van der Waals surface area contributed by atoms with Crippen molar-refractivity contribution in [2.45, 2.75) is 6.54 Å². The lowest BCUT2D eigenvalue weighted by molar-refractivity contribution is -0.384. The lowest BCUT2D eigenvalue weighted by Crippen LogP contribution is -2.24. The molecular weight excluding hydrogens is 384 g/mol. The Labute approximate surface area is 154 Å². The number of nitrogens with one attached hydrogen (secondary N) is 1. The zero-order chi connectivity index (χ0) is 19.7. The molecule has 0 radical (unpaired) electrons. The van der Waals surface area contributed by atoms with Crippen LogP contribution in [-0.2, 0) is 11.3 Å². The van der Waals surface area contributed by atoms with Gasteiger partial charge in [0.05, 0.1) is 21.4 Å². The number of hydrogen-bond acceptors (Lipinski definition) is 7. The average Bonchev–Trinajstić information content (AvgIpc) is 2.91. The van der Waals surface area contributed by atoms with E-state index in [0.29, 0.717) is 0 Å². The van der Waals surface area contributed by atoms with Crippen LogP contribution in [-0.4, -0.2) is 20.3 Å². The van der Waals surface area contributed by atoms with Gasteiger partial charge in [-0.15, -0.1) is 0 Å². The van der Waals surface area contributed by atoms with E-state index in [2.05, 4.69) is 5.32 Å². The number of carbonyl (C=O) groups excluding carboxylic acids is 1. The molecule has 27 heavy (non-hydrogen) atoms. The average molecular weight is 393 g/mol. The Morgan fingerprint density at radius 2 is 1.89 bits per heavy atom. The van der Waals surface area contributed by atoms with Gasteiger partial charge in [0.1, 0.15) is 11.6 Å². The highest BCUT2D eigenvalue weighted by molar-refractivity contribution is 6.32. The van der Waals surface area contributed by atoms with Gasteiger partial charge in [-0.25, -0.2) is 4.79 Å². The van der Waals surface area contributed by atoms with Crippen LogP contribution in [0.3, 0.4) is 0 Å². The van der Waals surface area contributed by atoms with E-state index in [9.17, 15) is 29.8 Å². The van der Waals surface area contributed by atoms with E-state index in [1.165, 1.54) is 24.3 Å². The van der Waals surface area contributed by atoms with Crippen molar-refractivity contribution in [2.24, 2.45) is 0 Å². The van der Waals surface area contributed by atoms with Crippen molar-refractivity contribution in [2.75, 3.05) is 5.32 Å². The first-order chi connectivity index (χ1) is 12.8. The smallest absolute Gasteiger partial charge is 0.407 e. The minimum absolute atomic E-state index is 0.0378. The fraction of sp³-hybridized carbons (Fsp3) is 0.0667. The number of amides is 1. The van der Waals surface area contributed by atoms with Crippen molar-refractivity contribution < 1.29 is 19.1 Å². The Bertz CT molecular complexity index is 1150. The molecule has 3 aromatic rings. The monoisotopic (exact) mass is 392 g/mol. The summed E-state index contributed by atoms with van der Waals surface area (Å²) in [4.78, 5) is 44.5. The van der Waals surface area contributed by atoms with Gasteiger partial charge >= 0.3 is 5.76 Å². The van der Waals surface area contributed by atoms with Crippen LogP contribution in [0, 0.1) is 20.2 Å². The third-order valence-corrected chi connectivity index (χ3v) is 3.91. The summed E-state index contributed by atoms with van der Waals surface area (Å²) >= 11 is 5.70. The molecule has 0 saturated heterocycles. The van der Waals surface area contributed by atoms with E-state index in [0.717, 1.165) is 16.7 Å². The van der Waals surface area contributed by atoms with Crippen molar-refractivity contribution >= 4 is 45.7 Å². The summed E-state index contributed by atoms with van der Waals surface area (Å²) in [5, 5.41) is 24.0. The number of non-ortho nitro benzene ring substituents is 1. The Morgan fingerprint density at radius 1 is 1.15 bits per heavy atom. The third-order valence-electron chi connectivity index (χ3n) is 3.59. The number of nitro groups is 2. The molecule has 12 heteroatoms. The molecule has 11 nitrogen and oxygen atoms in total. The number of benzene rings is 2. The molecule has 0 bridgehead atoms. The first kappa shape index (κ1) is 18.1. The van der Waals surface area contributed by atoms with Crippen LogP contribution in [0.4, 0.5) is 17.1 Å². The predicted molar refractivity (Wildman–Crippen MR) is 93.9 cm³/mol. The number of nitro benzene ring substituents is 2. The Morgan fingerprint density at radius 3 is 2.56 bits per heavy atom. The quantitative estimate of drug-likeness (QED) is 0.517. The Kier molecular flexibility index (Phi) is 4.60. The zero-order valence-electron chi connectivity index (χ0n) is 13.2. The van der Waals surface area contributed by atoms with E-state index >= 15 is 0 Å². The Balaban J connectivity index is 1.85. The maximum atomic E-state index is 12.2. The second kappa shape index (κ2) is 6.88. The summed E-state index contributed by atoms with van der Waals surface area (Å²) in [6.45, 7) is -0.458. The molecule has 0 saturated carbocycles. The van der Waals surface area contributed by atoms with E-state index in [-0.39, 0.29) is 33.2 Å². The molecule has 0 atom stereocenters. The summed E-state index contributed by atoms with van der Waals surface area (Å²) in [5.74, 6) is -1.53. The molecule has 0 spiro atoms. The molecule has 3 rings (SSSR count). The van der Waals surface area contributed by atoms with Crippen molar-refractivity contribution in [3.63, 3.8) is 0 Å². The molecular formula is C15H9ClN4O7. The van der Waals surface area contributed by atoms with Crippen LogP contribution < -0.4 is 11.1 Å². The van der Waals surface area contributed by atoms with Crippen molar-refractivity contribution in [3.8, 4) is 0 Å².